The first-order valence-corrected chi connectivity index (χ1v) is 11.3. The number of carbonyl (C=O) groups excluding carboxylic acids is 1. The van der Waals surface area contributed by atoms with Gasteiger partial charge in [-0.15, -0.1) is 0 Å². The van der Waals surface area contributed by atoms with E-state index >= 15 is 0 Å². The normalized spacial score (nSPS) is 18.3. The van der Waals surface area contributed by atoms with Crippen LogP contribution in [0.2, 0.25) is 0 Å². The quantitative estimate of drug-likeness (QED) is 0.758. The van der Waals surface area contributed by atoms with E-state index in [1.54, 1.807) is 0 Å². The van der Waals surface area contributed by atoms with Gasteiger partial charge >= 0.3 is 0 Å². The summed E-state index contributed by atoms with van der Waals surface area (Å²) >= 11 is 0. The molecule has 0 radical (unpaired) electrons. The minimum absolute atomic E-state index is 0.0977. The summed E-state index contributed by atoms with van der Waals surface area (Å²) in [6.07, 6.45) is 4.17. The van der Waals surface area contributed by atoms with Crippen molar-refractivity contribution in [2.24, 2.45) is 5.92 Å². The number of hydrogen-bond donors (Lipinski definition) is 1. The zero-order chi connectivity index (χ0) is 20.6. The SMILES string of the molecule is O=C(CCN1CCC(Cc2ccccc2)CC1)Nc1ccc(N2CCOCC2)cc1. The molecule has 0 saturated carbocycles. The Hall–Kier alpha value is -2.37. The molecule has 0 aromatic heterocycles. The van der Waals surface area contributed by atoms with E-state index in [1.807, 2.05) is 12.1 Å². The number of hydrogen-bond acceptors (Lipinski definition) is 4. The van der Waals surface area contributed by atoms with E-state index in [4.69, 9.17) is 4.74 Å². The highest BCUT2D eigenvalue weighted by molar-refractivity contribution is 5.91. The predicted octanol–water partition coefficient (Wildman–Crippen LogP) is 3.81. The second-order valence-corrected chi connectivity index (χ2v) is 8.42. The van der Waals surface area contributed by atoms with Gasteiger partial charge in [0.25, 0.3) is 0 Å². The second-order valence-electron chi connectivity index (χ2n) is 8.42. The molecule has 160 valence electrons. The number of carbonyl (C=O) groups is 1. The van der Waals surface area contributed by atoms with Crippen molar-refractivity contribution in [1.29, 1.82) is 0 Å². The monoisotopic (exact) mass is 407 g/mol. The summed E-state index contributed by atoms with van der Waals surface area (Å²) in [4.78, 5) is 17.1. The van der Waals surface area contributed by atoms with Crippen molar-refractivity contribution in [3.8, 4) is 0 Å². The maximum absolute atomic E-state index is 12.4. The Bertz CT molecular complexity index is 780. The minimum Gasteiger partial charge on any atom is -0.378 e. The Labute approximate surface area is 180 Å². The van der Waals surface area contributed by atoms with Gasteiger partial charge in [0.05, 0.1) is 13.2 Å². The molecule has 0 spiro atoms. The maximum Gasteiger partial charge on any atom is 0.225 e. The van der Waals surface area contributed by atoms with Crippen LogP contribution >= 0.6 is 0 Å². The highest BCUT2D eigenvalue weighted by Gasteiger charge is 2.20. The molecular weight excluding hydrogens is 374 g/mol. The third-order valence-electron chi connectivity index (χ3n) is 6.26. The fourth-order valence-corrected chi connectivity index (χ4v) is 4.42. The number of morpholine rings is 1. The van der Waals surface area contributed by atoms with Gasteiger partial charge in [0.2, 0.25) is 5.91 Å². The molecule has 0 atom stereocenters. The van der Waals surface area contributed by atoms with Gasteiger partial charge in [-0.05, 0) is 68.1 Å². The van der Waals surface area contributed by atoms with E-state index in [-0.39, 0.29) is 5.91 Å². The van der Waals surface area contributed by atoms with Crippen molar-refractivity contribution < 1.29 is 9.53 Å². The van der Waals surface area contributed by atoms with Crippen LogP contribution in [-0.2, 0) is 16.0 Å². The van der Waals surface area contributed by atoms with E-state index in [2.05, 4.69) is 57.6 Å². The molecule has 4 rings (SSSR count). The van der Waals surface area contributed by atoms with Crippen molar-refractivity contribution in [1.82, 2.24) is 4.90 Å². The molecule has 5 heteroatoms. The van der Waals surface area contributed by atoms with Gasteiger partial charge < -0.3 is 19.9 Å². The molecule has 0 bridgehead atoms. The standard InChI is InChI=1S/C25H33N3O2/c29-25(26-23-6-8-24(9-7-23)28-16-18-30-19-17-28)12-15-27-13-10-22(11-14-27)20-21-4-2-1-3-5-21/h1-9,22H,10-20H2,(H,26,29). The van der Waals surface area contributed by atoms with Gasteiger partial charge in [0, 0.05) is 37.4 Å². The van der Waals surface area contributed by atoms with Crippen molar-refractivity contribution >= 4 is 17.3 Å². The summed E-state index contributed by atoms with van der Waals surface area (Å²) in [6.45, 7) is 6.44. The Kier molecular flexibility index (Phi) is 7.38. The molecule has 2 heterocycles. The maximum atomic E-state index is 12.4. The number of nitrogens with one attached hydrogen (secondary N) is 1. The fourth-order valence-electron chi connectivity index (χ4n) is 4.42. The van der Waals surface area contributed by atoms with E-state index in [0.29, 0.717) is 6.42 Å². The summed E-state index contributed by atoms with van der Waals surface area (Å²) in [5.74, 6) is 0.864. The predicted molar refractivity (Wildman–Crippen MR) is 122 cm³/mol. The van der Waals surface area contributed by atoms with Crippen molar-refractivity contribution in [2.45, 2.75) is 25.7 Å². The Morgan fingerprint density at radius 1 is 0.933 bits per heavy atom. The molecule has 30 heavy (non-hydrogen) atoms. The highest BCUT2D eigenvalue weighted by Crippen LogP contribution is 2.22. The van der Waals surface area contributed by atoms with Gasteiger partial charge in [-0.3, -0.25) is 4.79 Å². The average Bonchev–Trinajstić information content (AvgIpc) is 2.80. The molecular formula is C25H33N3O2. The number of amides is 1. The molecule has 2 aromatic carbocycles. The molecule has 0 aliphatic carbocycles. The Morgan fingerprint density at radius 2 is 1.63 bits per heavy atom. The van der Waals surface area contributed by atoms with Crippen molar-refractivity contribution in [2.75, 3.05) is 56.2 Å². The van der Waals surface area contributed by atoms with Crippen LogP contribution in [0.5, 0.6) is 0 Å². The molecule has 5 nitrogen and oxygen atoms in total. The lowest BCUT2D eigenvalue weighted by Gasteiger charge is -2.31. The van der Waals surface area contributed by atoms with E-state index in [9.17, 15) is 4.79 Å². The lowest BCUT2D eigenvalue weighted by molar-refractivity contribution is -0.116. The Morgan fingerprint density at radius 3 is 2.33 bits per heavy atom. The summed E-state index contributed by atoms with van der Waals surface area (Å²) in [5, 5.41) is 3.04. The molecule has 2 fully saturated rings. The van der Waals surface area contributed by atoms with Crippen LogP contribution in [-0.4, -0.2) is 56.7 Å². The Balaban J connectivity index is 1.15. The van der Waals surface area contributed by atoms with Crippen LogP contribution in [0, 0.1) is 5.92 Å². The van der Waals surface area contributed by atoms with Crippen LogP contribution in [0.1, 0.15) is 24.8 Å². The van der Waals surface area contributed by atoms with Crippen LogP contribution in [0.3, 0.4) is 0 Å². The second kappa shape index (κ2) is 10.6. The summed E-state index contributed by atoms with van der Waals surface area (Å²) in [7, 11) is 0. The van der Waals surface area contributed by atoms with Gasteiger partial charge in [-0.1, -0.05) is 30.3 Å². The zero-order valence-corrected chi connectivity index (χ0v) is 17.8. The van der Waals surface area contributed by atoms with Crippen molar-refractivity contribution in [3.63, 3.8) is 0 Å². The third-order valence-corrected chi connectivity index (χ3v) is 6.26. The first kappa shape index (κ1) is 20.9. The number of likely N-dealkylation sites (tertiary alicyclic amines) is 1. The van der Waals surface area contributed by atoms with Crippen LogP contribution in [0.25, 0.3) is 0 Å². The number of ether oxygens (including phenoxy) is 1. The fraction of sp³-hybridized carbons (Fsp3) is 0.480. The van der Waals surface area contributed by atoms with E-state index < -0.39 is 0 Å². The molecule has 1 amide bonds. The minimum atomic E-state index is 0.0977. The molecule has 1 N–H and O–H groups in total. The van der Waals surface area contributed by atoms with Gasteiger partial charge in [-0.25, -0.2) is 0 Å². The average molecular weight is 408 g/mol. The molecule has 2 aromatic rings. The first-order chi connectivity index (χ1) is 14.8. The van der Waals surface area contributed by atoms with E-state index in [1.165, 1.54) is 30.5 Å². The lowest BCUT2D eigenvalue weighted by atomic mass is 9.90. The highest BCUT2D eigenvalue weighted by atomic mass is 16.5. The number of nitrogens with zero attached hydrogens (tertiary/aromatic N) is 2. The molecule has 2 aliphatic rings. The molecule has 0 unspecified atom stereocenters. The number of anilines is 2. The topological polar surface area (TPSA) is 44.8 Å². The summed E-state index contributed by atoms with van der Waals surface area (Å²) in [5.41, 5.74) is 3.50. The smallest absolute Gasteiger partial charge is 0.225 e. The number of piperidine rings is 1. The number of rotatable bonds is 7. The third kappa shape index (κ3) is 6.07. The van der Waals surface area contributed by atoms with Crippen LogP contribution in [0.15, 0.2) is 54.6 Å². The first-order valence-electron chi connectivity index (χ1n) is 11.3. The van der Waals surface area contributed by atoms with E-state index in [0.717, 1.165) is 57.5 Å². The summed E-state index contributed by atoms with van der Waals surface area (Å²) in [6, 6.07) is 18.9. The summed E-state index contributed by atoms with van der Waals surface area (Å²) < 4.78 is 5.40. The largest absolute Gasteiger partial charge is 0.378 e. The molecule has 2 saturated heterocycles. The zero-order valence-electron chi connectivity index (χ0n) is 17.8. The van der Waals surface area contributed by atoms with Gasteiger partial charge in [0.15, 0.2) is 0 Å². The van der Waals surface area contributed by atoms with Gasteiger partial charge in [0.1, 0.15) is 0 Å². The lowest BCUT2D eigenvalue weighted by Crippen LogP contribution is -2.36. The van der Waals surface area contributed by atoms with Gasteiger partial charge in [-0.2, -0.15) is 0 Å². The van der Waals surface area contributed by atoms with Crippen LogP contribution in [0.4, 0.5) is 11.4 Å². The van der Waals surface area contributed by atoms with Crippen LogP contribution < -0.4 is 10.2 Å². The van der Waals surface area contributed by atoms with Crippen molar-refractivity contribution in [3.05, 3.63) is 60.2 Å². The molecule has 2 aliphatic heterocycles. The number of benzene rings is 2.